The van der Waals surface area contributed by atoms with Crippen LogP contribution in [-0.2, 0) is 6.54 Å². The summed E-state index contributed by atoms with van der Waals surface area (Å²) in [4.78, 5) is 18.0. The topological polar surface area (TPSA) is 73.7 Å². The van der Waals surface area contributed by atoms with Gasteiger partial charge in [0.25, 0.3) is 0 Å². The number of carbonyl (C=O) groups excluding carboxylic acids is 1. The molecule has 0 aliphatic rings. The summed E-state index contributed by atoms with van der Waals surface area (Å²) in [5.74, 6) is -0.466. The number of phenolic OH excluding ortho intramolecular Hbond substituents is 2. The van der Waals surface area contributed by atoms with Gasteiger partial charge in [0, 0.05) is 18.0 Å². The van der Waals surface area contributed by atoms with Crippen molar-refractivity contribution in [3.8, 4) is 11.5 Å². The zero-order valence-electron chi connectivity index (χ0n) is 10.4. The quantitative estimate of drug-likeness (QED) is 0.817. The van der Waals surface area contributed by atoms with Gasteiger partial charge in [-0.05, 0) is 19.2 Å². The van der Waals surface area contributed by atoms with Crippen LogP contribution < -0.4 is 0 Å². The molecule has 0 saturated heterocycles. The third kappa shape index (κ3) is 3.52. The molecule has 2 N–H and O–H groups in total. The molecule has 0 aliphatic carbocycles. The predicted molar refractivity (Wildman–Crippen MR) is 72.6 cm³/mol. The molecule has 0 fully saturated rings. The third-order valence-electron chi connectivity index (χ3n) is 2.61. The van der Waals surface area contributed by atoms with Crippen LogP contribution in [-0.4, -0.2) is 39.5 Å². The van der Waals surface area contributed by atoms with Crippen LogP contribution in [0.15, 0.2) is 29.1 Å². The lowest BCUT2D eigenvalue weighted by molar-refractivity contribution is 0.0940. The molecule has 0 spiro atoms. The van der Waals surface area contributed by atoms with Crippen molar-refractivity contribution >= 4 is 17.1 Å². The van der Waals surface area contributed by atoms with Gasteiger partial charge in [-0.1, -0.05) is 0 Å². The maximum atomic E-state index is 12.0. The Bertz CT molecular complexity index is 569. The van der Waals surface area contributed by atoms with Gasteiger partial charge < -0.3 is 10.2 Å². The first-order chi connectivity index (χ1) is 9.06. The lowest BCUT2D eigenvalue weighted by atomic mass is 10.1. The van der Waals surface area contributed by atoms with Crippen molar-refractivity contribution in [1.29, 1.82) is 0 Å². The van der Waals surface area contributed by atoms with E-state index in [0.717, 1.165) is 11.8 Å². The number of aromatic hydroxyl groups is 2. The van der Waals surface area contributed by atoms with Gasteiger partial charge in [-0.15, -0.1) is 11.3 Å². The monoisotopic (exact) mass is 278 g/mol. The highest BCUT2D eigenvalue weighted by atomic mass is 32.1. The van der Waals surface area contributed by atoms with E-state index in [1.165, 1.54) is 23.5 Å². The molecule has 0 saturated carbocycles. The van der Waals surface area contributed by atoms with Gasteiger partial charge in [-0.3, -0.25) is 9.69 Å². The van der Waals surface area contributed by atoms with Crippen molar-refractivity contribution in [2.75, 3.05) is 13.6 Å². The van der Waals surface area contributed by atoms with Crippen LogP contribution in [0, 0.1) is 0 Å². The van der Waals surface area contributed by atoms with E-state index in [1.807, 2.05) is 17.3 Å². The van der Waals surface area contributed by atoms with Crippen molar-refractivity contribution in [2.45, 2.75) is 6.54 Å². The van der Waals surface area contributed by atoms with E-state index in [2.05, 4.69) is 4.98 Å². The van der Waals surface area contributed by atoms with Crippen LogP contribution in [0.1, 0.15) is 16.1 Å². The molecule has 0 radical (unpaired) electrons. The number of carbonyl (C=O) groups is 1. The second-order valence-corrected chi connectivity index (χ2v) is 5.00. The molecule has 0 bridgehead atoms. The average Bonchev–Trinajstić information content (AvgIpc) is 2.81. The fraction of sp³-hybridized carbons (Fsp3) is 0.231. The SMILES string of the molecule is CN(CC(=O)c1ccc(O)cc1O)Cc1cscn1. The molecule has 19 heavy (non-hydrogen) atoms. The van der Waals surface area contributed by atoms with Gasteiger partial charge in [0.15, 0.2) is 5.78 Å². The predicted octanol–water partition coefficient (Wildman–Crippen LogP) is 1.87. The summed E-state index contributed by atoms with van der Waals surface area (Å²) < 4.78 is 0. The van der Waals surface area contributed by atoms with Crippen molar-refractivity contribution < 1.29 is 15.0 Å². The summed E-state index contributed by atoms with van der Waals surface area (Å²) in [7, 11) is 1.81. The molecule has 2 rings (SSSR count). The lowest BCUT2D eigenvalue weighted by Gasteiger charge is -2.14. The Labute approximate surface area is 114 Å². The zero-order valence-corrected chi connectivity index (χ0v) is 11.2. The van der Waals surface area contributed by atoms with Crippen molar-refractivity contribution in [1.82, 2.24) is 9.88 Å². The molecule has 0 atom stereocenters. The van der Waals surface area contributed by atoms with Crippen molar-refractivity contribution in [2.24, 2.45) is 0 Å². The molecular formula is C13H14N2O3S. The van der Waals surface area contributed by atoms with E-state index in [4.69, 9.17) is 0 Å². The molecule has 0 aliphatic heterocycles. The second-order valence-electron chi connectivity index (χ2n) is 4.28. The molecule has 5 nitrogen and oxygen atoms in total. The molecule has 100 valence electrons. The Balaban J connectivity index is 2.00. The molecule has 1 aromatic carbocycles. The zero-order chi connectivity index (χ0) is 13.8. The molecule has 2 aromatic rings. The summed E-state index contributed by atoms with van der Waals surface area (Å²) in [5, 5.41) is 20.7. The third-order valence-corrected chi connectivity index (χ3v) is 3.25. The minimum absolute atomic E-state index is 0.0649. The highest BCUT2D eigenvalue weighted by Crippen LogP contribution is 2.23. The van der Waals surface area contributed by atoms with E-state index in [-0.39, 0.29) is 29.4 Å². The fourth-order valence-electron chi connectivity index (χ4n) is 1.73. The van der Waals surface area contributed by atoms with E-state index < -0.39 is 0 Å². The minimum atomic E-state index is -0.202. The van der Waals surface area contributed by atoms with Gasteiger partial charge in [0.1, 0.15) is 11.5 Å². The highest BCUT2D eigenvalue weighted by Gasteiger charge is 2.14. The molecule has 6 heteroatoms. The number of ketones is 1. The Kier molecular flexibility index (Phi) is 4.13. The maximum Gasteiger partial charge on any atom is 0.180 e. The van der Waals surface area contributed by atoms with E-state index >= 15 is 0 Å². The first kappa shape index (κ1) is 13.5. The largest absolute Gasteiger partial charge is 0.508 e. The average molecular weight is 278 g/mol. The van der Waals surface area contributed by atoms with Gasteiger partial charge >= 0.3 is 0 Å². The summed E-state index contributed by atoms with van der Waals surface area (Å²) >= 11 is 1.51. The summed E-state index contributed by atoms with van der Waals surface area (Å²) in [6.45, 7) is 0.754. The highest BCUT2D eigenvalue weighted by molar-refractivity contribution is 7.07. The Morgan fingerprint density at radius 2 is 2.21 bits per heavy atom. The van der Waals surface area contributed by atoms with Gasteiger partial charge in [-0.25, -0.2) is 4.98 Å². The summed E-state index contributed by atoms with van der Waals surface area (Å²) in [6, 6.07) is 3.96. The first-order valence-electron chi connectivity index (χ1n) is 5.67. The number of Topliss-reactive ketones (excluding diaryl/α,β-unsaturated/α-hetero) is 1. The number of hydrogen-bond acceptors (Lipinski definition) is 6. The Hall–Kier alpha value is -1.92. The Morgan fingerprint density at radius 1 is 1.42 bits per heavy atom. The van der Waals surface area contributed by atoms with Crippen LogP contribution >= 0.6 is 11.3 Å². The normalized spacial score (nSPS) is 10.8. The number of likely N-dealkylation sites (N-methyl/N-ethyl adjacent to an activating group) is 1. The smallest absolute Gasteiger partial charge is 0.180 e. The van der Waals surface area contributed by atoms with Crippen LogP contribution in [0.25, 0.3) is 0 Å². The van der Waals surface area contributed by atoms with Crippen LogP contribution in [0.3, 0.4) is 0 Å². The molecular weight excluding hydrogens is 264 g/mol. The number of hydrogen-bond donors (Lipinski definition) is 2. The van der Waals surface area contributed by atoms with Gasteiger partial charge in [-0.2, -0.15) is 0 Å². The number of aromatic nitrogens is 1. The molecule has 1 heterocycles. The van der Waals surface area contributed by atoms with E-state index in [0.29, 0.717) is 6.54 Å². The van der Waals surface area contributed by atoms with Crippen LogP contribution in [0.5, 0.6) is 11.5 Å². The van der Waals surface area contributed by atoms with Crippen LogP contribution in [0.2, 0.25) is 0 Å². The van der Waals surface area contributed by atoms with Gasteiger partial charge in [0.2, 0.25) is 0 Å². The number of benzene rings is 1. The molecule has 1 aromatic heterocycles. The maximum absolute atomic E-state index is 12.0. The van der Waals surface area contributed by atoms with Gasteiger partial charge in [0.05, 0.1) is 23.3 Å². The number of rotatable bonds is 5. The first-order valence-corrected chi connectivity index (χ1v) is 6.61. The molecule has 0 unspecified atom stereocenters. The van der Waals surface area contributed by atoms with Crippen LogP contribution in [0.4, 0.5) is 0 Å². The fourth-order valence-corrected chi connectivity index (χ4v) is 2.28. The minimum Gasteiger partial charge on any atom is -0.508 e. The summed E-state index contributed by atoms with van der Waals surface area (Å²) in [5.41, 5.74) is 2.87. The number of nitrogens with zero attached hydrogens (tertiary/aromatic N) is 2. The Morgan fingerprint density at radius 3 is 2.84 bits per heavy atom. The number of thiazole rings is 1. The second kappa shape index (κ2) is 5.81. The van der Waals surface area contributed by atoms with E-state index in [9.17, 15) is 15.0 Å². The lowest BCUT2D eigenvalue weighted by Crippen LogP contribution is -2.25. The van der Waals surface area contributed by atoms with Crippen molar-refractivity contribution in [3.63, 3.8) is 0 Å². The number of phenols is 2. The molecule has 0 amide bonds. The van der Waals surface area contributed by atoms with Crippen molar-refractivity contribution in [3.05, 3.63) is 40.3 Å². The standard InChI is InChI=1S/C13H14N2O3S/c1-15(5-9-7-19-8-14-9)6-13(18)11-3-2-10(16)4-12(11)17/h2-4,7-8,16-17H,5-6H2,1H3. The summed E-state index contributed by atoms with van der Waals surface area (Å²) in [6.07, 6.45) is 0. The van der Waals surface area contributed by atoms with E-state index in [1.54, 1.807) is 5.51 Å².